The van der Waals surface area contributed by atoms with Gasteiger partial charge in [-0.2, -0.15) is 5.10 Å². The number of rotatable bonds is 14. The number of fused-ring (bicyclic) bond motifs is 1. The van der Waals surface area contributed by atoms with E-state index in [1.807, 2.05) is 43.6 Å². The third-order valence-corrected chi connectivity index (χ3v) is 17.2. The Morgan fingerprint density at radius 2 is 1.43 bits per heavy atom. The van der Waals surface area contributed by atoms with Gasteiger partial charge in [-0.3, -0.25) is 19.5 Å². The number of carbonyl (C=O) groups excluding carboxylic acids is 3. The van der Waals surface area contributed by atoms with E-state index >= 15 is 0 Å². The number of hydrogen-bond donors (Lipinski definition) is 1. The zero-order chi connectivity index (χ0) is 57.2. The Bertz CT molecular complexity index is 3070. The predicted octanol–water partition coefficient (Wildman–Crippen LogP) is 7.58. The highest BCUT2D eigenvalue weighted by Gasteiger charge is 2.39. The molecule has 0 aliphatic carbocycles. The summed E-state index contributed by atoms with van der Waals surface area (Å²) in [7, 11) is -3.94. The highest BCUT2D eigenvalue weighted by Crippen LogP contribution is 2.38. The van der Waals surface area contributed by atoms with Crippen LogP contribution >= 0.6 is 0 Å². The SMILES string of the molecule is Cc1nn(C(=O)OC(C)(C)C)c(Nc2ncnc3cc(OCCCN4CCN(C(=O)c5cnc(N6CCN(C[C@H]7CN(C(=O)OC(C)(C)C)[C@@H](C)CN7Cc7ccccc7)[C@H](C)C6)nc5)CC4)c(S(=O)(=O)C(C)(C)C)cc23)c1C. The fourth-order valence-electron chi connectivity index (χ4n) is 10.1. The molecule has 3 fully saturated rings. The van der Waals surface area contributed by atoms with E-state index in [0.717, 1.165) is 44.0 Å². The first kappa shape index (κ1) is 58.7. The number of piperazine rings is 3. The molecule has 8 rings (SSSR count). The van der Waals surface area contributed by atoms with Gasteiger partial charge < -0.3 is 34.2 Å². The van der Waals surface area contributed by atoms with Crippen LogP contribution in [0.1, 0.15) is 110 Å². The van der Waals surface area contributed by atoms with Crippen molar-refractivity contribution in [1.29, 1.82) is 0 Å². The van der Waals surface area contributed by atoms with Crippen LogP contribution in [0.4, 0.5) is 27.2 Å². The number of nitrogens with one attached hydrogen (secondary N) is 1. The number of aromatic nitrogens is 6. The van der Waals surface area contributed by atoms with Crippen LogP contribution in [-0.4, -0.2) is 193 Å². The molecular formula is C57H81N13O8S. The molecule has 1 N–H and O–H groups in total. The molecule has 21 nitrogen and oxygen atoms in total. The van der Waals surface area contributed by atoms with Crippen LogP contribution < -0.4 is 15.0 Å². The molecule has 6 heterocycles. The molecule has 5 aromatic rings. The maximum absolute atomic E-state index is 14.2. The van der Waals surface area contributed by atoms with Gasteiger partial charge >= 0.3 is 12.2 Å². The molecule has 2 amide bonds. The Hall–Kier alpha value is -6.49. The zero-order valence-electron chi connectivity index (χ0n) is 48.4. The fourth-order valence-corrected chi connectivity index (χ4v) is 11.4. The molecule has 3 aromatic heterocycles. The lowest BCUT2D eigenvalue weighted by Crippen LogP contribution is -2.63. The van der Waals surface area contributed by atoms with E-state index < -0.39 is 31.9 Å². The summed E-state index contributed by atoms with van der Waals surface area (Å²) in [6.07, 6.45) is 4.29. The first-order chi connectivity index (χ1) is 37.2. The molecule has 2 aromatic carbocycles. The Labute approximate surface area is 465 Å². The van der Waals surface area contributed by atoms with E-state index in [1.165, 1.54) is 18.0 Å². The van der Waals surface area contributed by atoms with Crippen molar-refractivity contribution in [2.75, 3.05) is 88.8 Å². The lowest BCUT2D eigenvalue weighted by Gasteiger charge is -2.48. The van der Waals surface area contributed by atoms with Crippen LogP contribution in [0, 0.1) is 13.8 Å². The van der Waals surface area contributed by atoms with Gasteiger partial charge in [0.1, 0.15) is 39.8 Å². The zero-order valence-corrected chi connectivity index (χ0v) is 49.3. The number of sulfone groups is 1. The Kier molecular flexibility index (Phi) is 17.6. The standard InChI is InChI=1S/C57H81N13O8S/c1-38-32-67(26-25-66(38)35-44-36-69(53(72)77-55(5,6)7)39(2)33-68(44)34-42-18-15-14-16-19-42)52-58-30-43(31-59-52)51(71)65-23-21-64(22-24-65)20-17-27-76-47-29-46-45(28-48(47)79(74,75)57(11,12)13)49(61-37-60-46)62-50-40(3)41(4)63-70(50)54(73)78-56(8,9)10/h14-16,18-19,28-31,37-39,44H,17,20-27,32-36H2,1-13H3,(H,60,61,62)/t38-,39+,44+/m1/s1. The van der Waals surface area contributed by atoms with Crippen molar-refractivity contribution in [3.8, 4) is 5.75 Å². The lowest BCUT2D eigenvalue weighted by atomic mass is 10.0. The molecule has 0 unspecified atom stereocenters. The molecule has 3 aliphatic heterocycles. The van der Waals surface area contributed by atoms with Gasteiger partial charge in [-0.25, -0.2) is 37.9 Å². The van der Waals surface area contributed by atoms with Crippen molar-refractivity contribution < 1.29 is 37.0 Å². The Morgan fingerprint density at radius 3 is 2.08 bits per heavy atom. The predicted molar refractivity (Wildman–Crippen MR) is 304 cm³/mol. The minimum Gasteiger partial charge on any atom is -0.492 e. The molecule has 0 bridgehead atoms. The summed E-state index contributed by atoms with van der Waals surface area (Å²) >= 11 is 0. The van der Waals surface area contributed by atoms with Crippen LogP contribution in [0.25, 0.3) is 10.9 Å². The summed E-state index contributed by atoms with van der Waals surface area (Å²) in [5, 5.41) is 8.04. The molecule has 22 heteroatoms. The number of benzene rings is 2. The van der Waals surface area contributed by atoms with E-state index in [4.69, 9.17) is 24.2 Å². The van der Waals surface area contributed by atoms with E-state index in [-0.39, 0.29) is 53.2 Å². The number of carbonyl (C=O) groups is 3. The average Bonchev–Trinajstić information content (AvgIpc) is 3.82. The van der Waals surface area contributed by atoms with Crippen LogP contribution in [0.15, 0.2) is 66.1 Å². The monoisotopic (exact) mass is 1110 g/mol. The largest absolute Gasteiger partial charge is 0.492 e. The number of amides is 2. The van der Waals surface area contributed by atoms with Gasteiger partial charge in [0.05, 0.1) is 28.1 Å². The van der Waals surface area contributed by atoms with Gasteiger partial charge in [-0.15, -0.1) is 4.68 Å². The van der Waals surface area contributed by atoms with Gasteiger partial charge in [-0.05, 0) is 108 Å². The molecule has 3 aliphatic rings. The summed E-state index contributed by atoms with van der Waals surface area (Å²) in [5.74, 6) is 1.28. The topological polar surface area (TPSA) is 214 Å². The summed E-state index contributed by atoms with van der Waals surface area (Å²) in [6.45, 7) is 32.3. The Balaban J connectivity index is 0.840. The number of ether oxygens (including phenoxy) is 3. The minimum absolute atomic E-state index is 0.00191. The molecule has 428 valence electrons. The molecule has 0 radical (unpaired) electrons. The van der Waals surface area contributed by atoms with Gasteiger partial charge in [0.2, 0.25) is 5.95 Å². The summed E-state index contributed by atoms with van der Waals surface area (Å²) in [5.41, 5.74) is 2.08. The smallest absolute Gasteiger partial charge is 0.437 e. The van der Waals surface area contributed by atoms with Crippen molar-refractivity contribution in [3.63, 3.8) is 0 Å². The average molecular weight is 1110 g/mol. The van der Waals surface area contributed by atoms with Gasteiger partial charge in [0, 0.05) is 126 Å². The van der Waals surface area contributed by atoms with Gasteiger partial charge in [0.25, 0.3) is 5.91 Å². The summed E-state index contributed by atoms with van der Waals surface area (Å²) < 4.78 is 46.1. The third-order valence-electron chi connectivity index (χ3n) is 14.7. The molecule has 0 spiro atoms. The van der Waals surface area contributed by atoms with Crippen molar-refractivity contribution in [3.05, 3.63) is 83.6 Å². The fraction of sp³-hybridized carbons (Fsp3) is 0.579. The Morgan fingerprint density at radius 1 is 0.759 bits per heavy atom. The quantitative estimate of drug-likeness (QED) is 0.106. The number of nitrogens with zero attached hydrogens (tertiary/aromatic N) is 12. The maximum atomic E-state index is 14.2. The summed E-state index contributed by atoms with van der Waals surface area (Å²) in [4.78, 5) is 71.9. The number of aryl methyl sites for hydroxylation is 1. The number of anilines is 3. The van der Waals surface area contributed by atoms with E-state index in [1.54, 1.807) is 66.9 Å². The van der Waals surface area contributed by atoms with Crippen molar-refractivity contribution in [2.24, 2.45) is 0 Å². The second kappa shape index (κ2) is 23.7. The lowest BCUT2D eigenvalue weighted by molar-refractivity contribution is -0.0227. The van der Waals surface area contributed by atoms with Gasteiger partial charge in [0.15, 0.2) is 9.84 Å². The second-order valence-electron chi connectivity index (χ2n) is 24.2. The third kappa shape index (κ3) is 14.1. The molecule has 0 saturated carbocycles. The van der Waals surface area contributed by atoms with E-state index in [2.05, 4.69) is 78.1 Å². The first-order valence-corrected chi connectivity index (χ1v) is 29.0. The van der Waals surface area contributed by atoms with Gasteiger partial charge in [-0.1, -0.05) is 30.3 Å². The van der Waals surface area contributed by atoms with Crippen LogP contribution in [0.5, 0.6) is 5.75 Å². The molecule has 3 saturated heterocycles. The number of hydrogen-bond acceptors (Lipinski definition) is 18. The van der Waals surface area contributed by atoms with Crippen molar-refractivity contribution in [1.82, 2.24) is 54.2 Å². The van der Waals surface area contributed by atoms with Crippen molar-refractivity contribution in [2.45, 2.75) is 142 Å². The maximum Gasteiger partial charge on any atom is 0.437 e. The van der Waals surface area contributed by atoms with Crippen LogP contribution in [0.3, 0.4) is 0 Å². The van der Waals surface area contributed by atoms with Crippen LogP contribution in [-0.2, 0) is 25.9 Å². The second-order valence-corrected chi connectivity index (χ2v) is 26.8. The first-order valence-electron chi connectivity index (χ1n) is 27.5. The van der Waals surface area contributed by atoms with E-state index in [0.29, 0.717) is 85.2 Å². The molecular weight excluding hydrogens is 1030 g/mol. The molecule has 3 atom stereocenters. The minimum atomic E-state index is -3.94. The highest BCUT2D eigenvalue weighted by molar-refractivity contribution is 7.92. The summed E-state index contributed by atoms with van der Waals surface area (Å²) in [6, 6.07) is 14.0. The molecule has 79 heavy (non-hydrogen) atoms. The normalized spacial score (nSPS) is 19.4. The van der Waals surface area contributed by atoms with E-state index in [9.17, 15) is 22.8 Å². The highest BCUT2D eigenvalue weighted by atomic mass is 32.2. The van der Waals surface area contributed by atoms with Crippen molar-refractivity contribution >= 4 is 56.4 Å². The van der Waals surface area contributed by atoms with Crippen LogP contribution in [0.2, 0.25) is 0 Å².